The van der Waals surface area contributed by atoms with Gasteiger partial charge in [0.2, 0.25) is 0 Å². The van der Waals surface area contributed by atoms with Crippen LogP contribution in [0, 0.1) is 6.92 Å². The standard InChI is InChI=1S/C17H17NS/c1-12-7-9-14(10-8-12)19-13(2)16-11-18-17-6-4-3-5-15(16)17/h3-11,13,18H,1-2H3. The molecule has 0 aliphatic carbocycles. The lowest BCUT2D eigenvalue weighted by Crippen LogP contribution is -1.86. The van der Waals surface area contributed by atoms with E-state index in [-0.39, 0.29) is 0 Å². The molecule has 2 aromatic carbocycles. The maximum atomic E-state index is 3.35. The third kappa shape index (κ3) is 2.54. The summed E-state index contributed by atoms with van der Waals surface area (Å²) in [7, 11) is 0. The molecule has 1 N–H and O–H groups in total. The molecular formula is C17H17NS. The predicted octanol–water partition coefficient (Wildman–Crippen LogP) is 5.33. The smallest absolute Gasteiger partial charge is 0.0457 e. The van der Waals surface area contributed by atoms with Crippen LogP contribution >= 0.6 is 11.8 Å². The number of aryl methyl sites for hydroxylation is 1. The summed E-state index contributed by atoms with van der Waals surface area (Å²) in [6.45, 7) is 4.39. The number of aromatic amines is 1. The van der Waals surface area contributed by atoms with E-state index >= 15 is 0 Å². The van der Waals surface area contributed by atoms with Crippen molar-refractivity contribution in [2.75, 3.05) is 0 Å². The monoisotopic (exact) mass is 267 g/mol. The zero-order valence-electron chi connectivity index (χ0n) is 11.2. The van der Waals surface area contributed by atoms with Crippen molar-refractivity contribution in [3.8, 4) is 0 Å². The van der Waals surface area contributed by atoms with Crippen molar-refractivity contribution in [3.05, 3.63) is 65.9 Å². The summed E-state index contributed by atoms with van der Waals surface area (Å²) in [6, 6.07) is 17.2. The van der Waals surface area contributed by atoms with E-state index in [1.165, 1.54) is 26.9 Å². The number of H-pyrrole nitrogens is 1. The van der Waals surface area contributed by atoms with Crippen molar-refractivity contribution in [1.82, 2.24) is 4.98 Å². The fraction of sp³-hybridized carbons (Fsp3) is 0.176. The molecule has 1 aromatic heterocycles. The Kier molecular flexibility index (Phi) is 3.34. The molecule has 0 saturated heterocycles. The van der Waals surface area contributed by atoms with E-state index < -0.39 is 0 Å². The molecule has 0 aliphatic rings. The average Bonchev–Trinajstić information content (AvgIpc) is 2.85. The van der Waals surface area contributed by atoms with Gasteiger partial charge in [0.25, 0.3) is 0 Å². The van der Waals surface area contributed by atoms with Gasteiger partial charge in [0.1, 0.15) is 0 Å². The summed E-state index contributed by atoms with van der Waals surface area (Å²) < 4.78 is 0. The zero-order chi connectivity index (χ0) is 13.2. The van der Waals surface area contributed by atoms with Gasteiger partial charge in [-0.1, -0.05) is 35.9 Å². The predicted molar refractivity (Wildman–Crippen MR) is 83.7 cm³/mol. The lowest BCUT2D eigenvalue weighted by Gasteiger charge is -2.10. The largest absolute Gasteiger partial charge is 0.361 e. The molecule has 0 fully saturated rings. The van der Waals surface area contributed by atoms with Gasteiger partial charge in [0, 0.05) is 27.2 Å². The first-order valence-corrected chi connectivity index (χ1v) is 7.41. The second-order valence-electron chi connectivity index (χ2n) is 4.86. The number of nitrogens with one attached hydrogen (secondary N) is 1. The second-order valence-corrected chi connectivity index (χ2v) is 6.28. The highest BCUT2D eigenvalue weighted by molar-refractivity contribution is 7.99. The fourth-order valence-electron chi connectivity index (χ4n) is 2.31. The van der Waals surface area contributed by atoms with Gasteiger partial charge in [-0.05, 0) is 37.6 Å². The number of fused-ring (bicyclic) bond motifs is 1. The minimum atomic E-state index is 0.443. The molecule has 0 spiro atoms. The summed E-state index contributed by atoms with van der Waals surface area (Å²) in [5, 5.41) is 1.77. The minimum Gasteiger partial charge on any atom is -0.361 e. The molecule has 96 valence electrons. The van der Waals surface area contributed by atoms with Gasteiger partial charge >= 0.3 is 0 Å². The molecule has 3 rings (SSSR count). The van der Waals surface area contributed by atoms with Crippen LogP contribution in [0.25, 0.3) is 10.9 Å². The van der Waals surface area contributed by atoms with Crippen LogP contribution in [0.15, 0.2) is 59.6 Å². The molecule has 0 radical (unpaired) electrons. The van der Waals surface area contributed by atoms with E-state index in [4.69, 9.17) is 0 Å². The Morgan fingerprint density at radius 2 is 1.74 bits per heavy atom. The van der Waals surface area contributed by atoms with Gasteiger partial charge in [-0.25, -0.2) is 0 Å². The molecule has 1 heterocycles. The van der Waals surface area contributed by atoms with Crippen LogP contribution in [0.2, 0.25) is 0 Å². The van der Waals surface area contributed by atoms with E-state index in [0.29, 0.717) is 5.25 Å². The molecule has 0 bridgehead atoms. The number of rotatable bonds is 3. The van der Waals surface area contributed by atoms with E-state index in [1.807, 2.05) is 11.8 Å². The topological polar surface area (TPSA) is 15.8 Å². The van der Waals surface area contributed by atoms with Gasteiger partial charge in [-0.15, -0.1) is 11.8 Å². The number of benzene rings is 2. The molecule has 1 nitrogen and oxygen atoms in total. The van der Waals surface area contributed by atoms with Crippen molar-refractivity contribution >= 4 is 22.7 Å². The average molecular weight is 267 g/mol. The van der Waals surface area contributed by atoms with E-state index in [2.05, 4.69) is 73.6 Å². The van der Waals surface area contributed by atoms with Crippen LogP contribution in [0.1, 0.15) is 23.3 Å². The Balaban J connectivity index is 1.87. The highest BCUT2D eigenvalue weighted by Gasteiger charge is 2.12. The molecule has 19 heavy (non-hydrogen) atoms. The van der Waals surface area contributed by atoms with Gasteiger partial charge in [0.05, 0.1) is 0 Å². The SMILES string of the molecule is Cc1ccc(SC(C)c2c[nH]c3ccccc23)cc1. The second kappa shape index (κ2) is 5.14. The highest BCUT2D eigenvalue weighted by Crippen LogP contribution is 2.37. The summed E-state index contributed by atoms with van der Waals surface area (Å²) in [5.41, 5.74) is 3.90. The Morgan fingerprint density at radius 3 is 2.53 bits per heavy atom. The summed E-state index contributed by atoms with van der Waals surface area (Å²) in [4.78, 5) is 4.67. The van der Waals surface area contributed by atoms with Gasteiger partial charge in [-0.2, -0.15) is 0 Å². The van der Waals surface area contributed by atoms with E-state index in [1.54, 1.807) is 0 Å². The number of thioether (sulfide) groups is 1. The van der Waals surface area contributed by atoms with Crippen LogP contribution in [0.3, 0.4) is 0 Å². The third-order valence-corrected chi connectivity index (χ3v) is 4.54. The summed E-state index contributed by atoms with van der Waals surface area (Å²) >= 11 is 1.90. The first-order valence-electron chi connectivity index (χ1n) is 6.53. The van der Waals surface area contributed by atoms with Crippen LogP contribution in [0.5, 0.6) is 0 Å². The van der Waals surface area contributed by atoms with Gasteiger partial charge < -0.3 is 4.98 Å². The molecule has 2 heteroatoms. The number of hydrogen-bond donors (Lipinski definition) is 1. The quantitative estimate of drug-likeness (QED) is 0.634. The highest BCUT2D eigenvalue weighted by atomic mass is 32.2. The van der Waals surface area contributed by atoms with Gasteiger partial charge in [0.15, 0.2) is 0 Å². The number of aromatic nitrogens is 1. The first-order chi connectivity index (χ1) is 9.24. The molecule has 0 aliphatic heterocycles. The van der Waals surface area contributed by atoms with Crippen molar-refractivity contribution in [3.63, 3.8) is 0 Å². The van der Waals surface area contributed by atoms with Crippen LogP contribution in [0.4, 0.5) is 0 Å². The molecule has 1 atom stereocenters. The lowest BCUT2D eigenvalue weighted by atomic mass is 10.1. The molecular weight excluding hydrogens is 250 g/mol. The zero-order valence-corrected chi connectivity index (χ0v) is 12.0. The Hall–Kier alpha value is -1.67. The fourth-order valence-corrected chi connectivity index (χ4v) is 3.34. The summed E-state index contributed by atoms with van der Waals surface area (Å²) in [6.07, 6.45) is 2.14. The molecule has 0 saturated carbocycles. The Morgan fingerprint density at radius 1 is 1.00 bits per heavy atom. The molecule has 1 unspecified atom stereocenters. The normalized spacial score (nSPS) is 12.7. The summed E-state index contributed by atoms with van der Waals surface area (Å²) in [5.74, 6) is 0. The van der Waals surface area contributed by atoms with Crippen molar-refractivity contribution in [2.24, 2.45) is 0 Å². The third-order valence-electron chi connectivity index (χ3n) is 3.39. The van der Waals surface area contributed by atoms with E-state index in [0.717, 1.165) is 0 Å². The maximum absolute atomic E-state index is 3.35. The van der Waals surface area contributed by atoms with Crippen LogP contribution in [-0.4, -0.2) is 4.98 Å². The Bertz CT molecular complexity index is 682. The molecule has 0 amide bonds. The van der Waals surface area contributed by atoms with Crippen molar-refractivity contribution < 1.29 is 0 Å². The molecule has 3 aromatic rings. The maximum Gasteiger partial charge on any atom is 0.0457 e. The minimum absolute atomic E-state index is 0.443. The van der Waals surface area contributed by atoms with Crippen LogP contribution < -0.4 is 0 Å². The van der Waals surface area contributed by atoms with Crippen molar-refractivity contribution in [1.29, 1.82) is 0 Å². The van der Waals surface area contributed by atoms with Crippen molar-refractivity contribution in [2.45, 2.75) is 24.0 Å². The first kappa shape index (κ1) is 12.4. The number of hydrogen-bond acceptors (Lipinski definition) is 1. The lowest BCUT2D eigenvalue weighted by molar-refractivity contribution is 1.11. The van der Waals surface area contributed by atoms with E-state index in [9.17, 15) is 0 Å². The Labute approximate surface area is 118 Å². The number of para-hydroxylation sites is 1. The van der Waals surface area contributed by atoms with Gasteiger partial charge in [-0.3, -0.25) is 0 Å². The van der Waals surface area contributed by atoms with Crippen LogP contribution in [-0.2, 0) is 0 Å².